The average Bonchev–Trinajstić information content (AvgIpc) is 2.55. The van der Waals surface area contributed by atoms with Crippen LogP contribution in [-0.2, 0) is 0 Å². The van der Waals surface area contributed by atoms with Crippen molar-refractivity contribution >= 4 is 0 Å². The second-order valence-corrected chi connectivity index (χ2v) is 7.86. The first-order valence-corrected chi connectivity index (χ1v) is 9.65. The molecule has 2 aliphatic rings. The lowest BCUT2D eigenvalue weighted by Crippen LogP contribution is -2.36. The van der Waals surface area contributed by atoms with E-state index in [0.29, 0.717) is 5.92 Å². The highest BCUT2D eigenvalue weighted by atomic mass is 14.5. The van der Waals surface area contributed by atoms with Crippen molar-refractivity contribution in [1.82, 2.24) is 0 Å². The van der Waals surface area contributed by atoms with Gasteiger partial charge in [-0.3, -0.25) is 0 Å². The second-order valence-electron chi connectivity index (χ2n) is 7.86. The smallest absolute Gasteiger partial charge is 0.0692 e. The summed E-state index contributed by atoms with van der Waals surface area (Å²) < 4.78 is 0. The molecule has 21 heavy (non-hydrogen) atoms. The summed E-state index contributed by atoms with van der Waals surface area (Å²) in [6, 6.07) is 2.81. The summed E-state index contributed by atoms with van der Waals surface area (Å²) in [6.45, 7) is 4.59. The maximum atomic E-state index is 9.87. The zero-order valence-electron chi connectivity index (χ0n) is 14.4. The predicted molar refractivity (Wildman–Crippen MR) is 89.9 cm³/mol. The Labute approximate surface area is 132 Å². The first-order chi connectivity index (χ1) is 10.2. The third kappa shape index (κ3) is 4.24. The van der Waals surface area contributed by atoms with Crippen LogP contribution in [-0.4, -0.2) is 0 Å². The van der Waals surface area contributed by atoms with Gasteiger partial charge in [-0.25, -0.2) is 0 Å². The molecule has 0 bridgehead atoms. The molecule has 0 aliphatic heterocycles. The van der Waals surface area contributed by atoms with E-state index >= 15 is 0 Å². The second kappa shape index (κ2) is 8.21. The average molecular weight is 290 g/mol. The highest BCUT2D eigenvalue weighted by Gasteiger charge is 2.43. The molecule has 2 fully saturated rings. The lowest BCUT2D eigenvalue weighted by molar-refractivity contribution is 0.0847. The van der Waals surface area contributed by atoms with E-state index in [1.54, 1.807) is 0 Å². The molecule has 0 aromatic rings. The SMILES string of the molecule is CCCCC1CCC(C2(C#N)CCC(CCC)CC2)CC1. The minimum atomic E-state index is 0.0555. The van der Waals surface area contributed by atoms with Crippen LogP contribution in [0, 0.1) is 34.5 Å². The lowest BCUT2D eigenvalue weighted by atomic mass is 9.59. The molecule has 2 aliphatic carbocycles. The number of rotatable bonds is 6. The Bertz CT molecular complexity index is 324. The molecule has 2 rings (SSSR count). The molecule has 1 heteroatoms. The fraction of sp³-hybridized carbons (Fsp3) is 0.950. The summed E-state index contributed by atoms with van der Waals surface area (Å²) in [5, 5.41) is 9.87. The van der Waals surface area contributed by atoms with Gasteiger partial charge in [0.15, 0.2) is 0 Å². The molecular weight excluding hydrogens is 254 g/mol. The Morgan fingerprint density at radius 2 is 1.48 bits per heavy atom. The highest BCUT2D eigenvalue weighted by Crippen LogP contribution is 2.50. The van der Waals surface area contributed by atoms with Gasteiger partial charge in [0.25, 0.3) is 0 Å². The van der Waals surface area contributed by atoms with E-state index in [9.17, 15) is 5.26 Å². The Morgan fingerprint density at radius 1 is 0.857 bits per heavy atom. The fourth-order valence-corrected chi connectivity index (χ4v) is 5.00. The van der Waals surface area contributed by atoms with Gasteiger partial charge in [-0.1, -0.05) is 58.8 Å². The summed E-state index contributed by atoms with van der Waals surface area (Å²) in [7, 11) is 0. The van der Waals surface area contributed by atoms with Crippen molar-refractivity contribution in [1.29, 1.82) is 5.26 Å². The summed E-state index contributed by atoms with van der Waals surface area (Å²) in [4.78, 5) is 0. The molecule has 120 valence electrons. The molecule has 0 aromatic carbocycles. The van der Waals surface area contributed by atoms with Gasteiger partial charge in [-0.15, -0.1) is 0 Å². The van der Waals surface area contributed by atoms with Crippen molar-refractivity contribution in [2.45, 2.75) is 97.3 Å². The zero-order chi connectivity index (χ0) is 15.1. The van der Waals surface area contributed by atoms with Gasteiger partial charge in [-0.05, 0) is 56.3 Å². The van der Waals surface area contributed by atoms with E-state index in [1.165, 1.54) is 83.5 Å². The molecule has 0 unspecified atom stereocenters. The number of hydrogen-bond acceptors (Lipinski definition) is 1. The summed E-state index contributed by atoms with van der Waals surface area (Å²) in [5.41, 5.74) is 0.0555. The monoisotopic (exact) mass is 289 g/mol. The van der Waals surface area contributed by atoms with Crippen molar-refractivity contribution in [3.8, 4) is 6.07 Å². The highest BCUT2D eigenvalue weighted by molar-refractivity contribution is 5.06. The molecular formula is C20H35N. The Morgan fingerprint density at radius 3 is 2.00 bits per heavy atom. The quantitative estimate of drug-likeness (QED) is 0.548. The largest absolute Gasteiger partial charge is 0.198 e. The normalized spacial score (nSPS) is 37.1. The van der Waals surface area contributed by atoms with Gasteiger partial charge in [0.2, 0.25) is 0 Å². The number of nitriles is 1. The van der Waals surface area contributed by atoms with E-state index in [2.05, 4.69) is 19.9 Å². The predicted octanol–water partition coefficient (Wildman–Crippen LogP) is 6.48. The maximum Gasteiger partial charge on any atom is 0.0692 e. The van der Waals surface area contributed by atoms with Crippen molar-refractivity contribution in [3.05, 3.63) is 0 Å². The topological polar surface area (TPSA) is 23.8 Å². The Kier molecular flexibility index (Phi) is 6.59. The first-order valence-electron chi connectivity index (χ1n) is 9.65. The number of nitrogens with zero attached hydrogens (tertiary/aromatic N) is 1. The van der Waals surface area contributed by atoms with Crippen LogP contribution in [0.2, 0.25) is 0 Å². The van der Waals surface area contributed by atoms with Crippen LogP contribution in [0.25, 0.3) is 0 Å². The third-order valence-electron chi connectivity index (χ3n) is 6.51. The van der Waals surface area contributed by atoms with Gasteiger partial charge < -0.3 is 0 Å². The van der Waals surface area contributed by atoms with Crippen molar-refractivity contribution in [2.75, 3.05) is 0 Å². The maximum absolute atomic E-state index is 9.87. The van der Waals surface area contributed by atoms with Gasteiger partial charge in [-0.2, -0.15) is 5.26 Å². The fourth-order valence-electron chi connectivity index (χ4n) is 5.00. The molecule has 0 heterocycles. The molecule has 0 N–H and O–H groups in total. The Hall–Kier alpha value is -0.510. The molecule has 0 aromatic heterocycles. The zero-order valence-corrected chi connectivity index (χ0v) is 14.4. The van der Waals surface area contributed by atoms with Crippen LogP contribution in [0.1, 0.15) is 97.3 Å². The van der Waals surface area contributed by atoms with Crippen LogP contribution < -0.4 is 0 Å². The lowest BCUT2D eigenvalue weighted by Gasteiger charge is -2.43. The van der Waals surface area contributed by atoms with Crippen LogP contribution in [0.4, 0.5) is 0 Å². The molecule has 2 saturated carbocycles. The van der Waals surface area contributed by atoms with Crippen molar-refractivity contribution in [2.24, 2.45) is 23.2 Å². The third-order valence-corrected chi connectivity index (χ3v) is 6.51. The molecule has 0 atom stereocenters. The standard InChI is InChI=1S/C20H35N/c1-3-5-7-18-8-10-19(11-9-18)20(16-21)14-12-17(6-4-2)13-15-20/h17-19H,3-15H2,1-2H3. The number of hydrogen-bond donors (Lipinski definition) is 0. The van der Waals surface area contributed by atoms with E-state index < -0.39 is 0 Å². The van der Waals surface area contributed by atoms with E-state index in [0.717, 1.165) is 11.8 Å². The van der Waals surface area contributed by atoms with Gasteiger partial charge in [0.05, 0.1) is 11.5 Å². The summed E-state index contributed by atoms with van der Waals surface area (Å²) in [6.07, 6.45) is 17.3. The van der Waals surface area contributed by atoms with Crippen LogP contribution in [0.3, 0.4) is 0 Å². The summed E-state index contributed by atoms with van der Waals surface area (Å²) >= 11 is 0. The first kappa shape index (κ1) is 16.9. The number of unbranched alkanes of at least 4 members (excludes halogenated alkanes) is 1. The van der Waals surface area contributed by atoms with E-state index in [-0.39, 0.29) is 5.41 Å². The van der Waals surface area contributed by atoms with E-state index in [1.807, 2.05) is 0 Å². The van der Waals surface area contributed by atoms with Crippen LogP contribution in [0.15, 0.2) is 0 Å². The summed E-state index contributed by atoms with van der Waals surface area (Å²) in [5.74, 6) is 2.59. The van der Waals surface area contributed by atoms with Gasteiger partial charge >= 0.3 is 0 Å². The van der Waals surface area contributed by atoms with Gasteiger partial charge in [0, 0.05) is 0 Å². The minimum Gasteiger partial charge on any atom is -0.198 e. The molecule has 0 amide bonds. The molecule has 0 spiro atoms. The molecule has 0 saturated heterocycles. The van der Waals surface area contributed by atoms with Crippen LogP contribution >= 0.6 is 0 Å². The Balaban J connectivity index is 1.84. The van der Waals surface area contributed by atoms with Crippen molar-refractivity contribution in [3.63, 3.8) is 0 Å². The minimum absolute atomic E-state index is 0.0555. The molecule has 0 radical (unpaired) electrons. The van der Waals surface area contributed by atoms with E-state index in [4.69, 9.17) is 0 Å². The van der Waals surface area contributed by atoms with Crippen molar-refractivity contribution < 1.29 is 0 Å². The van der Waals surface area contributed by atoms with Gasteiger partial charge in [0.1, 0.15) is 0 Å². The van der Waals surface area contributed by atoms with Crippen LogP contribution in [0.5, 0.6) is 0 Å². The molecule has 1 nitrogen and oxygen atoms in total.